The topological polar surface area (TPSA) is 143 Å². The Hall–Kier alpha value is -3.36. The molecule has 14 heteroatoms. The van der Waals surface area contributed by atoms with Crippen LogP contribution in [-0.2, 0) is 27.2 Å². The number of para-hydroxylation sites is 1. The second kappa shape index (κ2) is 16.3. The summed E-state index contributed by atoms with van der Waals surface area (Å²) in [6.07, 6.45) is 4.46. The maximum atomic E-state index is 14.0. The van der Waals surface area contributed by atoms with Gasteiger partial charge in [0, 0.05) is 76.4 Å². The predicted molar refractivity (Wildman–Crippen MR) is 194 cm³/mol. The van der Waals surface area contributed by atoms with Crippen LogP contribution in [0, 0.1) is 5.92 Å². The summed E-state index contributed by atoms with van der Waals surface area (Å²) in [6.45, 7) is 3.86. The molecule has 4 amide bonds. The zero-order chi connectivity index (χ0) is 35.4. The van der Waals surface area contributed by atoms with Crippen LogP contribution in [0.15, 0.2) is 45.3 Å². The van der Waals surface area contributed by atoms with E-state index in [4.69, 9.17) is 9.84 Å². The number of piperidine rings is 1. The van der Waals surface area contributed by atoms with Crippen LogP contribution in [0.2, 0.25) is 0 Å². The zero-order valence-electron chi connectivity index (χ0n) is 28.1. The molecule has 3 N–H and O–H groups in total. The number of hydrogen-bond donors (Lipinski definition) is 3. The van der Waals surface area contributed by atoms with Gasteiger partial charge in [-0.2, -0.15) is 0 Å². The Labute approximate surface area is 309 Å². The molecule has 0 aromatic heterocycles. The summed E-state index contributed by atoms with van der Waals surface area (Å²) in [5, 5.41) is 22.4. The van der Waals surface area contributed by atoms with Crippen molar-refractivity contribution in [2.75, 3.05) is 51.1 Å². The van der Waals surface area contributed by atoms with Crippen molar-refractivity contribution in [1.29, 1.82) is 0 Å². The molecular weight excluding hydrogens is 774 g/mol. The number of ether oxygens (including phenoxy) is 1. The van der Waals surface area contributed by atoms with Crippen molar-refractivity contribution in [2.24, 2.45) is 5.92 Å². The number of aliphatic carboxylic acids is 1. The van der Waals surface area contributed by atoms with Gasteiger partial charge < -0.3 is 35.0 Å². The number of halogens is 2. The molecule has 1 aliphatic carbocycles. The van der Waals surface area contributed by atoms with E-state index in [0.717, 1.165) is 48.9 Å². The van der Waals surface area contributed by atoms with Gasteiger partial charge in [0.05, 0.1) is 8.95 Å². The van der Waals surface area contributed by atoms with Gasteiger partial charge in [0.2, 0.25) is 0 Å². The SMILES string of the molecule is O=C(O)CC1CCC(N2CCN(C(=O)[C@@H](Cc3cc(Br)c(O)c(Br)c3)OC(=O)N3CCC(N4CCc5ccccc5NC4=O)CC3)CC2)CC1. The van der Waals surface area contributed by atoms with Crippen LogP contribution in [0.1, 0.15) is 56.1 Å². The lowest BCUT2D eigenvalue weighted by atomic mass is 9.83. The van der Waals surface area contributed by atoms with Crippen LogP contribution >= 0.6 is 31.9 Å². The lowest BCUT2D eigenvalue weighted by Crippen LogP contribution is -2.55. The minimum atomic E-state index is -1.06. The van der Waals surface area contributed by atoms with E-state index in [1.54, 1.807) is 21.9 Å². The normalized spacial score (nSPS) is 22.7. The highest BCUT2D eigenvalue weighted by atomic mass is 79.9. The van der Waals surface area contributed by atoms with E-state index in [1.165, 1.54) is 0 Å². The van der Waals surface area contributed by atoms with Crippen LogP contribution < -0.4 is 5.32 Å². The van der Waals surface area contributed by atoms with Crippen LogP contribution in [0.25, 0.3) is 0 Å². The van der Waals surface area contributed by atoms with Gasteiger partial charge in [0.25, 0.3) is 5.91 Å². The standard InChI is InChI=1S/C36H45Br2N5O7/c37-28-19-24(20-29(38)33(28)46)21-31(34(47)41-17-15-40(16-18-41)26-7-5-23(6-8-26)22-32(44)45)50-36(49)42-12-10-27(11-13-42)43-14-9-25-3-1-2-4-30(25)39-35(43)48/h1-4,19-20,23,26-27,31,46H,5-18,21-22H2,(H,39,48)(H,44,45)/t23?,26?,31-/m1/s1. The molecule has 50 heavy (non-hydrogen) atoms. The van der Waals surface area contributed by atoms with Crippen molar-refractivity contribution < 1.29 is 34.1 Å². The highest BCUT2D eigenvalue weighted by Gasteiger charge is 2.37. The van der Waals surface area contributed by atoms with Gasteiger partial charge in [-0.25, -0.2) is 9.59 Å². The Balaban J connectivity index is 1.06. The smallest absolute Gasteiger partial charge is 0.410 e. The summed E-state index contributed by atoms with van der Waals surface area (Å²) in [5.74, 6) is -0.703. The molecule has 1 atom stereocenters. The van der Waals surface area contributed by atoms with Crippen molar-refractivity contribution in [3.63, 3.8) is 0 Å². The van der Waals surface area contributed by atoms with E-state index in [1.807, 2.05) is 29.2 Å². The highest BCUT2D eigenvalue weighted by Crippen LogP contribution is 2.34. The molecule has 1 saturated carbocycles. The fraction of sp³-hybridized carbons (Fsp3) is 0.556. The minimum Gasteiger partial charge on any atom is -0.506 e. The molecule has 0 unspecified atom stereocenters. The Morgan fingerprint density at radius 1 is 0.860 bits per heavy atom. The first-order chi connectivity index (χ1) is 24.0. The van der Waals surface area contributed by atoms with Gasteiger partial charge in [-0.1, -0.05) is 18.2 Å². The quantitative estimate of drug-likeness (QED) is 0.308. The number of benzene rings is 2. The Bertz CT molecular complexity index is 1550. The molecule has 3 fully saturated rings. The van der Waals surface area contributed by atoms with Crippen LogP contribution in [-0.4, -0.2) is 118 Å². The van der Waals surface area contributed by atoms with Gasteiger partial charge in [-0.15, -0.1) is 0 Å². The van der Waals surface area contributed by atoms with Gasteiger partial charge in [-0.3, -0.25) is 14.5 Å². The third kappa shape index (κ3) is 8.74. The number of hydrogen-bond acceptors (Lipinski definition) is 7. The number of piperazine rings is 1. The Morgan fingerprint density at radius 2 is 1.52 bits per heavy atom. The number of likely N-dealkylation sites (tertiary alicyclic amines) is 1. The number of anilines is 1. The predicted octanol–water partition coefficient (Wildman–Crippen LogP) is 5.70. The lowest BCUT2D eigenvalue weighted by molar-refractivity contribution is -0.143. The molecule has 6 rings (SSSR count). The van der Waals surface area contributed by atoms with Crippen LogP contribution in [0.5, 0.6) is 5.75 Å². The number of fused-ring (bicyclic) bond motifs is 1. The van der Waals surface area contributed by atoms with Crippen molar-refractivity contribution in [2.45, 2.75) is 76.0 Å². The van der Waals surface area contributed by atoms with E-state index in [9.17, 15) is 24.3 Å². The molecule has 12 nitrogen and oxygen atoms in total. The van der Waals surface area contributed by atoms with E-state index in [2.05, 4.69) is 42.1 Å². The van der Waals surface area contributed by atoms with Crippen molar-refractivity contribution >= 4 is 61.5 Å². The molecule has 0 spiro atoms. The fourth-order valence-corrected chi connectivity index (χ4v) is 9.18. The summed E-state index contributed by atoms with van der Waals surface area (Å²) >= 11 is 6.74. The molecular formula is C36H45Br2N5O7. The summed E-state index contributed by atoms with van der Waals surface area (Å²) in [5.41, 5.74) is 2.66. The Kier molecular flexibility index (Phi) is 11.9. The summed E-state index contributed by atoms with van der Waals surface area (Å²) in [4.78, 5) is 59.6. The molecule has 2 aromatic rings. The number of carbonyl (C=O) groups excluding carboxylic acids is 3. The van der Waals surface area contributed by atoms with Gasteiger partial charge in [-0.05, 0) is 112 Å². The van der Waals surface area contributed by atoms with Crippen LogP contribution in [0.4, 0.5) is 15.3 Å². The molecule has 270 valence electrons. The van der Waals surface area contributed by atoms with Crippen molar-refractivity contribution in [3.05, 3.63) is 56.5 Å². The first-order valence-electron chi connectivity index (χ1n) is 17.6. The lowest BCUT2D eigenvalue weighted by Gasteiger charge is -2.42. The number of amides is 4. The maximum absolute atomic E-state index is 14.0. The highest BCUT2D eigenvalue weighted by molar-refractivity contribution is 9.11. The second-order valence-electron chi connectivity index (χ2n) is 13.9. The number of rotatable bonds is 8. The van der Waals surface area contributed by atoms with E-state index in [0.29, 0.717) is 73.6 Å². The average molecular weight is 820 g/mol. The average Bonchev–Trinajstić information content (AvgIpc) is 3.28. The van der Waals surface area contributed by atoms with Crippen LogP contribution in [0.3, 0.4) is 0 Å². The number of carboxylic acid groups (broad SMARTS) is 1. The molecule has 2 saturated heterocycles. The summed E-state index contributed by atoms with van der Waals surface area (Å²) < 4.78 is 6.95. The first-order valence-corrected chi connectivity index (χ1v) is 19.2. The molecule has 3 heterocycles. The summed E-state index contributed by atoms with van der Waals surface area (Å²) in [7, 11) is 0. The molecule has 4 aliphatic rings. The van der Waals surface area contributed by atoms with E-state index < -0.39 is 18.2 Å². The van der Waals surface area contributed by atoms with Crippen molar-refractivity contribution in [3.8, 4) is 5.75 Å². The maximum Gasteiger partial charge on any atom is 0.410 e. The number of phenolic OH excluding ortho intramolecular Hbond substituents is 1. The van der Waals surface area contributed by atoms with E-state index in [-0.39, 0.29) is 42.5 Å². The van der Waals surface area contributed by atoms with E-state index >= 15 is 0 Å². The van der Waals surface area contributed by atoms with Gasteiger partial charge >= 0.3 is 18.1 Å². The summed E-state index contributed by atoms with van der Waals surface area (Å²) in [6, 6.07) is 11.5. The number of nitrogens with zero attached hydrogens (tertiary/aromatic N) is 4. The second-order valence-corrected chi connectivity index (χ2v) is 15.6. The zero-order valence-corrected chi connectivity index (χ0v) is 31.2. The van der Waals surface area contributed by atoms with Gasteiger partial charge in [0.1, 0.15) is 5.75 Å². The molecule has 3 aliphatic heterocycles. The fourth-order valence-electron chi connectivity index (χ4n) is 7.90. The number of urea groups is 1. The third-order valence-electron chi connectivity index (χ3n) is 10.7. The number of carbonyl (C=O) groups is 4. The first kappa shape index (κ1) is 36.4. The molecule has 0 radical (unpaired) electrons. The largest absolute Gasteiger partial charge is 0.506 e. The molecule has 2 aromatic carbocycles. The monoisotopic (exact) mass is 817 g/mol. The number of carboxylic acids is 1. The Morgan fingerprint density at radius 3 is 2.18 bits per heavy atom. The number of nitrogens with one attached hydrogen (secondary N) is 1. The minimum absolute atomic E-state index is 0.0130. The number of aromatic hydroxyl groups is 1. The molecule has 0 bridgehead atoms. The van der Waals surface area contributed by atoms with Gasteiger partial charge in [0.15, 0.2) is 6.10 Å². The third-order valence-corrected chi connectivity index (χ3v) is 12.0. The number of phenols is 1. The van der Waals surface area contributed by atoms with Crippen molar-refractivity contribution in [1.82, 2.24) is 19.6 Å².